The van der Waals surface area contributed by atoms with E-state index in [1.54, 1.807) is 23.1 Å². The van der Waals surface area contributed by atoms with E-state index in [0.717, 1.165) is 6.41 Å². The molecule has 0 atom stereocenters. The number of carbonyl (C=O) groups is 2. The van der Waals surface area contributed by atoms with Gasteiger partial charge in [-0.15, -0.1) is 0 Å². The van der Waals surface area contributed by atoms with Crippen LogP contribution in [0.25, 0.3) is 0 Å². The standard InChI is InChI=1S/C16H15Cl2N5O2/c17-11-1-2-12(18)14(9-11)20-15(25)13-3-4-19-16(21-13)23-7-5-22(10-24)6-8-23/h1-4,9-10H,5-8H2,(H,20,25). The Morgan fingerprint density at radius 1 is 1.16 bits per heavy atom. The van der Waals surface area contributed by atoms with Crippen LogP contribution in [0.5, 0.6) is 0 Å². The van der Waals surface area contributed by atoms with Gasteiger partial charge in [0.2, 0.25) is 12.4 Å². The minimum atomic E-state index is -0.403. The van der Waals surface area contributed by atoms with Gasteiger partial charge in [0.05, 0.1) is 10.7 Å². The van der Waals surface area contributed by atoms with E-state index in [-0.39, 0.29) is 5.69 Å². The molecule has 1 N–H and O–H groups in total. The molecule has 0 radical (unpaired) electrons. The Labute approximate surface area is 154 Å². The number of piperazine rings is 1. The van der Waals surface area contributed by atoms with Crippen molar-refractivity contribution in [1.29, 1.82) is 0 Å². The number of nitrogens with zero attached hydrogens (tertiary/aromatic N) is 4. The van der Waals surface area contributed by atoms with Crippen molar-refractivity contribution in [2.24, 2.45) is 0 Å². The summed E-state index contributed by atoms with van der Waals surface area (Å²) < 4.78 is 0. The molecule has 9 heteroatoms. The summed E-state index contributed by atoms with van der Waals surface area (Å²) in [6.45, 7) is 2.43. The molecule has 1 aliphatic rings. The number of aromatic nitrogens is 2. The molecule has 3 rings (SSSR count). The Balaban J connectivity index is 1.73. The van der Waals surface area contributed by atoms with Crippen molar-refractivity contribution in [2.75, 3.05) is 36.4 Å². The minimum absolute atomic E-state index is 0.221. The van der Waals surface area contributed by atoms with Gasteiger partial charge in [0.1, 0.15) is 5.69 Å². The molecule has 25 heavy (non-hydrogen) atoms. The third-order valence-electron chi connectivity index (χ3n) is 3.80. The highest BCUT2D eigenvalue weighted by atomic mass is 35.5. The number of nitrogens with one attached hydrogen (secondary N) is 1. The van der Waals surface area contributed by atoms with Gasteiger partial charge < -0.3 is 15.1 Å². The van der Waals surface area contributed by atoms with Crippen LogP contribution in [0.4, 0.5) is 11.6 Å². The fourth-order valence-electron chi connectivity index (χ4n) is 2.43. The summed E-state index contributed by atoms with van der Waals surface area (Å²) in [5.41, 5.74) is 0.637. The second kappa shape index (κ2) is 7.67. The average Bonchev–Trinajstić information content (AvgIpc) is 2.65. The average molecular weight is 380 g/mol. The normalized spacial score (nSPS) is 14.3. The van der Waals surface area contributed by atoms with E-state index in [4.69, 9.17) is 23.2 Å². The monoisotopic (exact) mass is 379 g/mol. The Morgan fingerprint density at radius 2 is 1.92 bits per heavy atom. The van der Waals surface area contributed by atoms with Crippen LogP contribution in [0.2, 0.25) is 10.0 Å². The molecule has 130 valence electrons. The molecule has 0 aliphatic carbocycles. The fourth-order valence-corrected chi connectivity index (χ4v) is 2.77. The maximum atomic E-state index is 12.4. The van der Waals surface area contributed by atoms with E-state index < -0.39 is 5.91 Å². The first kappa shape index (κ1) is 17.4. The third kappa shape index (κ3) is 4.18. The zero-order valence-electron chi connectivity index (χ0n) is 13.2. The Kier molecular flexibility index (Phi) is 5.35. The fraction of sp³-hybridized carbons (Fsp3) is 0.250. The zero-order chi connectivity index (χ0) is 17.8. The molecule has 0 saturated carbocycles. The van der Waals surface area contributed by atoms with Crippen molar-refractivity contribution in [1.82, 2.24) is 14.9 Å². The third-order valence-corrected chi connectivity index (χ3v) is 4.36. The van der Waals surface area contributed by atoms with Gasteiger partial charge in [0.15, 0.2) is 0 Å². The molecule has 2 amide bonds. The number of benzene rings is 1. The molecule has 1 saturated heterocycles. The molecule has 0 unspecified atom stereocenters. The smallest absolute Gasteiger partial charge is 0.274 e. The number of hydrogen-bond acceptors (Lipinski definition) is 5. The minimum Gasteiger partial charge on any atom is -0.342 e. The van der Waals surface area contributed by atoms with E-state index >= 15 is 0 Å². The van der Waals surface area contributed by atoms with Crippen molar-refractivity contribution in [2.45, 2.75) is 0 Å². The summed E-state index contributed by atoms with van der Waals surface area (Å²) in [6.07, 6.45) is 2.36. The van der Waals surface area contributed by atoms with Crippen LogP contribution < -0.4 is 10.2 Å². The summed E-state index contributed by atoms with van der Waals surface area (Å²) in [5, 5.41) is 3.55. The lowest BCUT2D eigenvalue weighted by atomic mass is 10.3. The molecule has 1 aromatic carbocycles. The molecular weight excluding hydrogens is 365 g/mol. The SMILES string of the molecule is O=CN1CCN(c2nccc(C(=O)Nc3cc(Cl)ccc3Cl)n2)CC1. The van der Waals surface area contributed by atoms with Crippen molar-refractivity contribution in [3.63, 3.8) is 0 Å². The number of amides is 2. The molecule has 7 nitrogen and oxygen atoms in total. The Morgan fingerprint density at radius 3 is 2.64 bits per heavy atom. The van der Waals surface area contributed by atoms with Gasteiger partial charge in [-0.2, -0.15) is 0 Å². The quantitative estimate of drug-likeness (QED) is 0.824. The summed E-state index contributed by atoms with van der Waals surface area (Å²) >= 11 is 12.0. The van der Waals surface area contributed by atoms with E-state index in [1.807, 2.05) is 4.90 Å². The summed E-state index contributed by atoms with van der Waals surface area (Å²) in [7, 11) is 0. The number of halogens is 2. The predicted molar refractivity (Wildman–Crippen MR) is 96.3 cm³/mol. The number of hydrogen-bond donors (Lipinski definition) is 1. The zero-order valence-corrected chi connectivity index (χ0v) is 14.7. The van der Waals surface area contributed by atoms with Crippen LogP contribution in [0.3, 0.4) is 0 Å². The summed E-state index contributed by atoms with van der Waals surface area (Å²) in [6, 6.07) is 6.35. The first-order chi connectivity index (χ1) is 12.1. The largest absolute Gasteiger partial charge is 0.342 e. The van der Waals surface area contributed by atoms with Crippen molar-refractivity contribution < 1.29 is 9.59 Å². The molecule has 0 bridgehead atoms. The second-order valence-corrected chi connectivity index (χ2v) is 6.29. The summed E-state index contributed by atoms with van der Waals surface area (Å²) in [5.74, 6) is 0.0507. The Bertz CT molecular complexity index is 794. The molecular formula is C16H15Cl2N5O2. The first-order valence-corrected chi connectivity index (χ1v) is 8.36. The van der Waals surface area contributed by atoms with Crippen LogP contribution in [0.1, 0.15) is 10.5 Å². The van der Waals surface area contributed by atoms with Gasteiger partial charge in [-0.25, -0.2) is 9.97 Å². The number of anilines is 2. The Hall–Kier alpha value is -2.38. The lowest BCUT2D eigenvalue weighted by Crippen LogP contribution is -2.46. The van der Waals surface area contributed by atoms with Gasteiger partial charge in [-0.05, 0) is 24.3 Å². The highest BCUT2D eigenvalue weighted by Crippen LogP contribution is 2.25. The van der Waals surface area contributed by atoms with E-state index in [0.29, 0.717) is 47.9 Å². The predicted octanol–water partition coefficient (Wildman–Crippen LogP) is 2.31. The molecule has 1 aromatic heterocycles. The topological polar surface area (TPSA) is 78.4 Å². The van der Waals surface area contributed by atoms with E-state index in [9.17, 15) is 9.59 Å². The van der Waals surface area contributed by atoms with Crippen LogP contribution >= 0.6 is 23.2 Å². The number of rotatable bonds is 4. The molecule has 1 aliphatic heterocycles. The van der Waals surface area contributed by atoms with Gasteiger partial charge in [0, 0.05) is 37.4 Å². The van der Waals surface area contributed by atoms with Gasteiger partial charge >= 0.3 is 0 Å². The van der Waals surface area contributed by atoms with E-state index in [1.165, 1.54) is 12.3 Å². The second-order valence-electron chi connectivity index (χ2n) is 5.45. The van der Waals surface area contributed by atoms with E-state index in [2.05, 4.69) is 15.3 Å². The van der Waals surface area contributed by atoms with Gasteiger partial charge in [0.25, 0.3) is 5.91 Å². The van der Waals surface area contributed by atoms with Crippen molar-refractivity contribution >= 4 is 47.2 Å². The van der Waals surface area contributed by atoms with Crippen molar-refractivity contribution in [3.05, 3.63) is 46.2 Å². The van der Waals surface area contributed by atoms with Gasteiger partial charge in [-0.1, -0.05) is 23.2 Å². The maximum Gasteiger partial charge on any atom is 0.274 e. The van der Waals surface area contributed by atoms with Crippen LogP contribution in [0, 0.1) is 0 Å². The first-order valence-electron chi connectivity index (χ1n) is 7.60. The van der Waals surface area contributed by atoms with Gasteiger partial charge in [-0.3, -0.25) is 9.59 Å². The molecule has 2 aromatic rings. The highest BCUT2D eigenvalue weighted by molar-refractivity contribution is 6.35. The summed E-state index contributed by atoms with van der Waals surface area (Å²) in [4.78, 5) is 35.4. The molecule has 1 fully saturated rings. The highest BCUT2D eigenvalue weighted by Gasteiger charge is 2.19. The molecule has 2 heterocycles. The lowest BCUT2D eigenvalue weighted by Gasteiger charge is -2.32. The van der Waals surface area contributed by atoms with Crippen LogP contribution in [0.15, 0.2) is 30.5 Å². The van der Waals surface area contributed by atoms with Crippen molar-refractivity contribution in [3.8, 4) is 0 Å². The lowest BCUT2D eigenvalue weighted by molar-refractivity contribution is -0.118. The maximum absolute atomic E-state index is 12.4. The molecule has 0 spiro atoms. The van der Waals surface area contributed by atoms with Crippen LogP contribution in [-0.2, 0) is 4.79 Å². The van der Waals surface area contributed by atoms with Crippen LogP contribution in [-0.4, -0.2) is 53.4 Å². The number of carbonyl (C=O) groups excluding carboxylic acids is 2.